The molecule has 1 N–H and O–H groups in total. The molecule has 4 aromatic rings. The van der Waals surface area contributed by atoms with Crippen molar-refractivity contribution < 1.29 is 18.0 Å². The molecule has 0 saturated carbocycles. The molecule has 0 aliphatic carbocycles. The van der Waals surface area contributed by atoms with Crippen molar-refractivity contribution in [3.8, 4) is 11.1 Å². The van der Waals surface area contributed by atoms with Crippen molar-refractivity contribution >= 4 is 28.8 Å². The number of carbonyl (C=O) groups excluding carboxylic acids is 1. The third kappa shape index (κ3) is 4.41. The van der Waals surface area contributed by atoms with Crippen LogP contribution in [-0.4, -0.2) is 25.7 Å². The lowest BCUT2D eigenvalue weighted by Gasteiger charge is -2.10. The molecule has 2 aromatic carbocycles. The van der Waals surface area contributed by atoms with Crippen LogP contribution >= 0.6 is 11.6 Å². The van der Waals surface area contributed by atoms with Gasteiger partial charge in [-0.1, -0.05) is 37.6 Å². The standard InChI is InChI=1S/C23H19ClF3N5O/c1-12(2)19-18(14-5-4-6-16(24)11-14)21-30-29-20(13(3)32(21)31-19)22(33)28-17-9-7-15(8-10-17)23(25,26)27/h4-12H,1-3H3,(H,28,33). The van der Waals surface area contributed by atoms with Crippen molar-refractivity contribution in [3.05, 3.63) is 76.2 Å². The predicted molar refractivity (Wildman–Crippen MR) is 119 cm³/mol. The Morgan fingerprint density at radius 2 is 1.79 bits per heavy atom. The number of hydrogen-bond acceptors (Lipinski definition) is 4. The summed E-state index contributed by atoms with van der Waals surface area (Å²) in [5, 5.41) is 16.2. The molecule has 0 saturated heterocycles. The topological polar surface area (TPSA) is 72.2 Å². The molecule has 0 bridgehead atoms. The highest BCUT2D eigenvalue weighted by Gasteiger charge is 2.30. The Morgan fingerprint density at radius 3 is 2.39 bits per heavy atom. The Hall–Kier alpha value is -3.46. The number of nitrogens with zero attached hydrogens (tertiary/aromatic N) is 4. The summed E-state index contributed by atoms with van der Waals surface area (Å²) < 4.78 is 39.8. The van der Waals surface area contributed by atoms with Crippen LogP contribution in [-0.2, 0) is 6.18 Å². The van der Waals surface area contributed by atoms with Crippen LogP contribution in [0.15, 0.2) is 48.5 Å². The second-order valence-electron chi connectivity index (χ2n) is 7.82. The third-order valence-electron chi connectivity index (χ3n) is 5.14. The summed E-state index contributed by atoms with van der Waals surface area (Å²) in [4.78, 5) is 12.8. The molecule has 33 heavy (non-hydrogen) atoms. The third-order valence-corrected chi connectivity index (χ3v) is 5.37. The summed E-state index contributed by atoms with van der Waals surface area (Å²) in [6.45, 7) is 5.68. The van der Waals surface area contributed by atoms with Crippen LogP contribution in [0, 0.1) is 6.92 Å². The Labute approximate surface area is 192 Å². The molecule has 2 heterocycles. The van der Waals surface area contributed by atoms with E-state index in [9.17, 15) is 18.0 Å². The van der Waals surface area contributed by atoms with Crippen molar-refractivity contribution in [2.75, 3.05) is 5.32 Å². The van der Waals surface area contributed by atoms with E-state index in [1.165, 1.54) is 12.1 Å². The van der Waals surface area contributed by atoms with Gasteiger partial charge in [-0.2, -0.15) is 18.3 Å². The highest BCUT2D eigenvalue weighted by atomic mass is 35.5. The van der Waals surface area contributed by atoms with Crippen molar-refractivity contribution in [2.24, 2.45) is 0 Å². The first kappa shape index (κ1) is 22.7. The van der Waals surface area contributed by atoms with Crippen LogP contribution in [0.3, 0.4) is 0 Å². The van der Waals surface area contributed by atoms with Crippen LogP contribution in [0.4, 0.5) is 18.9 Å². The van der Waals surface area contributed by atoms with Gasteiger partial charge in [-0.05, 0) is 54.8 Å². The molecule has 0 atom stereocenters. The molecule has 2 aromatic heterocycles. The number of anilines is 1. The number of alkyl halides is 3. The average Bonchev–Trinajstić information content (AvgIpc) is 3.14. The zero-order valence-corrected chi connectivity index (χ0v) is 18.7. The quantitative estimate of drug-likeness (QED) is 0.386. The van der Waals surface area contributed by atoms with E-state index in [0.29, 0.717) is 16.4 Å². The predicted octanol–water partition coefficient (Wildman–Crippen LogP) is 6.15. The lowest BCUT2D eigenvalue weighted by Crippen LogP contribution is -2.18. The summed E-state index contributed by atoms with van der Waals surface area (Å²) in [6, 6.07) is 11.5. The van der Waals surface area contributed by atoms with Crippen molar-refractivity contribution in [1.82, 2.24) is 19.8 Å². The van der Waals surface area contributed by atoms with Gasteiger partial charge >= 0.3 is 6.18 Å². The van der Waals surface area contributed by atoms with Crippen molar-refractivity contribution in [3.63, 3.8) is 0 Å². The maximum Gasteiger partial charge on any atom is 0.416 e. The molecule has 170 valence electrons. The van der Waals surface area contributed by atoms with Crippen LogP contribution in [0.5, 0.6) is 0 Å². The number of amides is 1. The number of rotatable bonds is 4. The fourth-order valence-corrected chi connectivity index (χ4v) is 3.68. The number of hydrogen-bond donors (Lipinski definition) is 1. The maximum absolute atomic E-state index is 12.8. The second-order valence-corrected chi connectivity index (χ2v) is 8.26. The molecule has 0 aliphatic rings. The molecule has 4 rings (SSSR count). The largest absolute Gasteiger partial charge is 0.416 e. The molecular formula is C23H19ClF3N5O. The fraction of sp³-hybridized carbons (Fsp3) is 0.217. The molecule has 10 heteroatoms. The number of aromatic nitrogens is 4. The van der Waals surface area contributed by atoms with E-state index in [0.717, 1.165) is 29.0 Å². The van der Waals surface area contributed by atoms with Gasteiger partial charge < -0.3 is 5.32 Å². The van der Waals surface area contributed by atoms with Gasteiger partial charge in [-0.15, -0.1) is 10.2 Å². The normalized spacial score (nSPS) is 11.9. The Bertz CT molecular complexity index is 1350. The smallest absolute Gasteiger partial charge is 0.321 e. The van der Waals surface area contributed by atoms with E-state index in [1.807, 2.05) is 32.0 Å². The van der Waals surface area contributed by atoms with Gasteiger partial charge in [0.05, 0.1) is 22.5 Å². The maximum atomic E-state index is 12.8. The van der Waals surface area contributed by atoms with Gasteiger partial charge in [-0.25, -0.2) is 4.52 Å². The number of fused-ring (bicyclic) bond motifs is 1. The van der Waals surface area contributed by atoms with Crippen LogP contribution in [0.2, 0.25) is 5.02 Å². The monoisotopic (exact) mass is 473 g/mol. The first-order valence-corrected chi connectivity index (χ1v) is 10.4. The van der Waals surface area contributed by atoms with Gasteiger partial charge in [0.2, 0.25) is 0 Å². The first-order chi connectivity index (χ1) is 15.6. The number of halogens is 4. The molecule has 0 unspecified atom stereocenters. The minimum absolute atomic E-state index is 0.0119. The summed E-state index contributed by atoms with van der Waals surface area (Å²) in [7, 11) is 0. The minimum Gasteiger partial charge on any atom is -0.321 e. The summed E-state index contributed by atoms with van der Waals surface area (Å²) in [6.07, 6.45) is -4.45. The van der Waals surface area contributed by atoms with Gasteiger partial charge in [0.25, 0.3) is 5.91 Å². The lowest BCUT2D eigenvalue weighted by molar-refractivity contribution is -0.137. The number of nitrogens with one attached hydrogen (secondary N) is 1. The average molecular weight is 474 g/mol. The van der Waals surface area contributed by atoms with Crippen molar-refractivity contribution in [2.45, 2.75) is 32.9 Å². The van der Waals surface area contributed by atoms with Crippen LogP contribution in [0.1, 0.15) is 47.2 Å². The van der Waals surface area contributed by atoms with E-state index < -0.39 is 17.6 Å². The van der Waals surface area contributed by atoms with E-state index in [1.54, 1.807) is 17.5 Å². The molecular weight excluding hydrogens is 455 g/mol. The minimum atomic E-state index is -4.45. The SMILES string of the molecule is Cc1c(C(=O)Nc2ccc(C(F)(F)F)cc2)nnc2c(-c3cccc(Cl)c3)c(C(C)C)nn12. The Kier molecular flexibility index (Phi) is 5.84. The number of carbonyl (C=O) groups is 1. The highest BCUT2D eigenvalue weighted by molar-refractivity contribution is 6.30. The van der Waals surface area contributed by atoms with Gasteiger partial charge in [0.1, 0.15) is 0 Å². The molecule has 1 amide bonds. The molecule has 0 aliphatic heterocycles. The number of aryl methyl sites for hydroxylation is 1. The molecule has 0 radical (unpaired) electrons. The van der Waals surface area contributed by atoms with E-state index in [4.69, 9.17) is 11.6 Å². The fourth-order valence-electron chi connectivity index (χ4n) is 3.49. The molecule has 0 fully saturated rings. The van der Waals surface area contributed by atoms with E-state index >= 15 is 0 Å². The summed E-state index contributed by atoms with van der Waals surface area (Å²) in [5.41, 5.74) is 2.72. The van der Waals surface area contributed by atoms with E-state index in [2.05, 4.69) is 20.6 Å². The highest BCUT2D eigenvalue weighted by Crippen LogP contribution is 2.34. The van der Waals surface area contributed by atoms with Gasteiger partial charge in [0, 0.05) is 10.7 Å². The van der Waals surface area contributed by atoms with Crippen LogP contribution in [0.25, 0.3) is 16.8 Å². The molecule has 0 spiro atoms. The second kappa shape index (κ2) is 8.47. The Morgan fingerprint density at radius 1 is 1.09 bits per heavy atom. The summed E-state index contributed by atoms with van der Waals surface area (Å²) in [5.74, 6) is -0.544. The zero-order chi connectivity index (χ0) is 23.9. The van der Waals surface area contributed by atoms with Gasteiger partial charge in [0.15, 0.2) is 11.3 Å². The number of benzene rings is 2. The van der Waals surface area contributed by atoms with Crippen LogP contribution < -0.4 is 5.32 Å². The van der Waals surface area contributed by atoms with Gasteiger partial charge in [-0.3, -0.25) is 4.79 Å². The van der Waals surface area contributed by atoms with Crippen molar-refractivity contribution in [1.29, 1.82) is 0 Å². The lowest BCUT2D eigenvalue weighted by atomic mass is 9.99. The molecule has 6 nitrogen and oxygen atoms in total. The zero-order valence-electron chi connectivity index (χ0n) is 17.9. The first-order valence-electron chi connectivity index (χ1n) is 10.1. The van der Waals surface area contributed by atoms with E-state index in [-0.39, 0.29) is 17.3 Å². The summed E-state index contributed by atoms with van der Waals surface area (Å²) >= 11 is 6.18. The Balaban J connectivity index is 1.73.